The average Bonchev–Trinajstić information content (AvgIpc) is 3.38. The molecule has 172 valence electrons. The van der Waals surface area contributed by atoms with Crippen molar-refractivity contribution in [3.63, 3.8) is 0 Å². The van der Waals surface area contributed by atoms with E-state index in [-0.39, 0.29) is 29.5 Å². The van der Waals surface area contributed by atoms with Crippen LogP contribution in [0.4, 0.5) is 0 Å². The fourth-order valence-corrected chi connectivity index (χ4v) is 6.40. The fourth-order valence-electron chi connectivity index (χ4n) is 5.01. The number of thioether (sulfide) groups is 1. The molecule has 0 saturated heterocycles. The first-order valence-electron chi connectivity index (χ1n) is 11.3. The van der Waals surface area contributed by atoms with Gasteiger partial charge in [-0.15, -0.1) is 11.8 Å². The monoisotopic (exact) mass is 472 g/mol. The number of hydroxylamine groups is 1. The zero-order valence-corrected chi connectivity index (χ0v) is 19.2. The lowest BCUT2D eigenvalue weighted by atomic mass is 9.94. The van der Waals surface area contributed by atoms with Crippen molar-refractivity contribution in [2.45, 2.75) is 23.0 Å². The summed E-state index contributed by atoms with van der Waals surface area (Å²) in [5, 5.41) is 9.34. The van der Waals surface area contributed by atoms with Crippen LogP contribution in [-0.2, 0) is 4.79 Å². The van der Waals surface area contributed by atoms with Crippen molar-refractivity contribution in [3.05, 3.63) is 90.0 Å². The first-order valence-corrected chi connectivity index (χ1v) is 12.2. The summed E-state index contributed by atoms with van der Waals surface area (Å²) in [5.41, 5.74) is 4.86. The second-order valence-electron chi connectivity index (χ2n) is 8.65. The molecule has 1 aliphatic carbocycles. The van der Waals surface area contributed by atoms with Crippen LogP contribution in [0.15, 0.2) is 83.8 Å². The van der Waals surface area contributed by atoms with Gasteiger partial charge in [0.05, 0.1) is 17.0 Å². The number of nitrogens with zero attached hydrogens (tertiary/aromatic N) is 1. The van der Waals surface area contributed by atoms with Gasteiger partial charge >= 0.3 is 0 Å². The van der Waals surface area contributed by atoms with Crippen molar-refractivity contribution in [2.24, 2.45) is 11.8 Å². The summed E-state index contributed by atoms with van der Waals surface area (Å²) in [7, 11) is 0. The maximum Gasteiger partial charge on any atom is 0.261 e. The van der Waals surface area contributed by atoms with Crippen molar-refractivity contribution in [1.82, 2.24) is 10.4 Å². The van der Waals surface area contributed by atoms with Gasteiger partial charge in [0.2, 0.25) is 5.91 Å². The van der Waals surface area contributed by atoms with Crippen LogP contribution in [0.25, 0.3) is 11.1 Å². The first kappa shape index (κ1) is 22.4. The molecule has 2 N–H and O–H groups in total. The molecule has 0 bridgehead atoms. The highest BCUT2D eigenvalue weighted by Gasteiger charge is 2.45. The third-order valence-electron chi connectivity index (χ3n) is 6.69. The summed E-state index contributed by atoms with van der Waals surface area (Å²) in [4.78, 5) is 40.6. The maximum atomic E-state index is 12.8. The minimum Gasteiger partial charge on any atom is -0.289 e. The summed E-state index contributed by atoms with van der Waals surface area (Å²) in [5.74, 6) is -1.87. The molecule has 3 atom stereocenters. The highest BCUT2D eigenvalue weighted by molar-refractivity contribution is 8.00. The van der Waals surface area contributed by atoms with Crippen LogP contribution in [-0.4, -0.2) is 39.6 Å². The molecule has 1 fully saturated rings. The van der Waals surface area contributed by atoms with E-state index in [1.807, 2.05) is 35.8 Å². The molecule has 6 nitrogen and oxygen atoms in total. The van der Waals surface area contributed by atoms with Crippen molar-refractivity contribution >= 4 is 29.5 Å². The third kappa shape index (κ3) is 4.13. The van der Waals surface area contributed by atoms with Crippen LogP contribution >= 0.6 is 11.8 Å². The Hall–Kier alpha value is -3.42. The predicted octanol–water partition coefficient (Wildman–Crippen LogP) is 4.64. The quantitative estimate of drug-likeness (QED) is 0.310. The molecule has 0 radical (unpaired) electrons. The normalized spacial score (nSPS) is 21.6. The third-order valence-corrected chi connectivity index (χ3v) is 8.06. The minimum atomic E-state index is -0.520. The summed E-state index contributed by atoms with van der Waals surface area (Å²) < 4.78 is 0. The number of rotatable bonds is 6. The number of benzene rings is 3. The molecule has 7 heteroatoms. The van der Waals surface area contributed by atoms with E-state index in [0.29, 0.717) is 17.5 Å². The lowest BCUT2D eigenvalue weighted by molar-refractivity contribution is -0.134. The highest BCUT2D eigenvalue weighted by atomic mass is 32.2. The molecule has 1 heterocycles. The molecular weight excluding hydrogens is 448 g/mol. The molecule has 3 aromatic rings. The number of fused-ring (bicyclic) bond motifs is 1. The van der Waals surface area contributed by atoms with E-state index in [4.69, 9.17) is 0 Å². The standard InChI is InChI=1S/C27H24N2O4S/c30-25(28-33)24-19(16-29-26(31)21-8-4-5-9-22(21)27(29)32)12-15-23(24)34-20-13-10-18(11-14-20)17-6-2-1-3-7-17/h1-11,13-14,19,23-24,33H,12,15-16H2,(H,28,30). The van der Waals surface area contributed by atoms with E-state index in [2.05, 4.69) is 24.3 Å². The van der Waals surface area contributed by atoms with Crippen molar-refractivity contribution in [1.29, 1.82) is 0 Å². The molecule has 1 saturated carbocycles. The lowest BCUT2D eigenvalue weighted by Crippen LogP contribution is -2.41. The van der Waals surface area contributed by atoms with Gasteiger partial charge in [0, 0.05) is 16.7 Å². The molecule has 3 amide bonds. The molecule has 3 aromatic carbocycles. The Labute approximate surface area is 201 Å². The molecule has 1 aliphatic heterocycles. The lowest BCUT2D eigenvalue weighted by Gasteiger charge is -2.26. The summed E-state index contributed by atoms with van der Waals surface area (Å²) in [6.07, 6.45) is 1.43. The smallest absolute Gasteiger partial charge is 0.261 e. The van der Waals surface area contributed by atoms with Gasteiger partial charge in [0.15, 0.2) is 0 Å². The van der Waals surface area contributed by atoms with Gasteiger partial charge in [-0.25, -0.2) is 5.48 Å². The minimum absolute atomic E-state index is 0.0742. The molecule has 3 unspecified atom stereocenters. The van der Waals surface area contributed by atoms with E-state index in [0.717, 1.165) is 22.4 Å². The summed E-state index contributed by atoms with van der Waals surface area (Å²) in [6, 6.07) is 25.1. The average molecular weight is 473 g/mol. The van der Waals surface area contributed by atoms with Gasteiger partial charge in [-0.3, -0.25) is 24.5 Å². The van der Waals surface area contributed by atoms with E-state index >= 15 is 0 Å². The second-order valence-corrected chi connectivity index (χ2v) is 9.97. The molecule has 34 heavy (non-hydrogen) atoms. The van der Waals surface area contributed by atoms with Crippen molar-refractivity contribution < 1.29 is 19.6 Å². The zero-order valence-electron chi connectivity index (χ0n) is 18.4. The Morgan fingerprint density at radius 2 is 1.44 bits per heavy atom. The zero-order chi connectivity index (χ0) is 23.7. The van der Waals surface area contributed by atoms with Crippen LogP contribution in [0, 0.1) is 11.8 Å². The largest absolute Gasteiger partial charge is 0.289 e. The summed E-state index contributed by atoms with van der Waals surface area (Å²) >= 11 is 1.60. The van der Waals surface area contributed by atoms with Gasteiger partial charge in [-0.05, 0) is 54.2 Å². The molecule has 2 aliphatic rings. The number of carbonyl (C=O) groups excluding carboxylic acids is 3. The maximum absolute atomic E-state index is 12.8. The van der Waals surface area contributed by atoms with Crippen LogP contribution in [0.2, 0.25) is 0 Å². The summed E-state index contributed by atoms with van der Waals surface area (Å²) in [6.45, 7) is 0.161. The number of nitrogens with one attached hydrogen (secondary N) is 1. The number of hydrogen-bond donors (Lipinski definition) is 2. The molecule has 0 spiro atoms. The SMILES string of the molecule is O=C(NO)C1C(CN2C(=O)c3ccccc3C2=O)CCC1Sc1ccc(-c2ccccc2)cc1. The second kappa shape index (κ2) is 9.44. The van der Waals surface area contributed by atoms with E-state index in [9.17, 15) is 19.6 Å². The topological polar surface area (TPSA) is 86.7 Å². The predicted molar refractivity (Wildman–Crippen MR) is 129 cm³/mol. The molecular formula is C27H24N2O4S. The Balaban J connectivity index is 1.31. The van der Waals surface area contributed by atoms with Gasteiger partial charge < -0.3 is 0 Å². The number of hydrogen-bond acceptors (Lipinski definition) is 5. The van der Waals surface area contributed by atoms with Gasteiger partial charge in [0.25, 0.3) is 11.8 Å². The number of carbonyl (C=O) groups is 3. The Morgan fingerprint density at radius 3 is 2.06 bits per heavy atom. The molecule has 0 aromatic heterocycles. The van der Waals surface area contributed by atoms with E-state index in [1.54, 1.807) is 36.0 Å². The van der Waals surface area contributed by atoms with Crippen molar-refractivity contribution in [3.8, 4) is 11.1 Å². The van der Waals surface area contributed by atoms with Crippen LogP contribution in [0.1, 0.15) is 33.6 Å². The fraction of sp³-hybridized carbons (Fsp3) is 0.222. The Morgan fingerprint density at radius 1 is 0.853 bits per heavy atom. The van der Waals surface area contributed by atoms with E-state index in [1.165, 1.54) is 4.90 Å². The van der Waals surface area contributed by atoms with E-state index < -0.39 is 11.8 Å². The van der Waals surface area contributed by atoms with Gasteiger partial charge in [-0.1, -0.05) is 54.6 Å². The van der Waals surface area contributed by atoms with Crippen molar-refractivity contribution in [2.75, 3.05) is 6.54 Å². The first-order chi connectivity index (χ1) is 16.6. The van der Waals surface area contributed by atoms with Crippen LogP contribution in [0.5, 0.6) is 0 Å². The number of amides is 3. The number of imide groups is 1. The molecule has 5 rings (SSSR count). The van der Waals surface area contributed by atoms with Crippen LogP contribution in [0.3, 0.4) is 0 Å². The van der Waals surface area contributed by atoms with Gasteiger partial charge in [0.1, 0.15) is 0 Å². The van der Waals surface area contributed by atoms with Crippen LogP contribution < -0.4 is 5.48 Å². The highest BCUT2D eigenvalue weighted by Crippen LogP contribution is 2.44. The Bertz CT molecular complexity index is 1190. The van der Waals surface area contributed by atoms with Gasteiger partial charge in [-0.2, -0.15) is 0 Å². The Kier molecular flexibility index (Phi) is 6.22.